The van der Waals surface area contributed by atoms with Crippen LogP contribution < -0.4 is 0 Å². The minimum atomic E-state index is -0.805. The predicted octanol–water partition coefficient (Wildman–Crippen LogP) is 0.565. The molecule has 1 atom stereocenters. The Morgan fingerprint density at radius 3 is 2.77 bits per heavy atom. The minimum Gasteiger partial charge on any atom is -0.393 e. The number of hydrogen-bond donors (Lipinski definition) is 2. The predicted molar refractivity (Wildman–Crippen MR) is 49.1 cm³/mol. The zero-order valence-corrected chi connectivity index (χ0v) is 8.01. The second kappa shape index (κ2) is 4.39. The molecule has 74 valence electrons. The van der Waals surface area contributed by atoms with Crippen molar-refractivity contribution in [1.29, 1.82) is 0 Å². The maximum absolute atomic E-state index is 9.27. The summed E-state index contributed by atoms with van der Waals surface area (Å²) in [5.74, 6) is 0.527. The molecule has 1 aromatic rings. The quantitative estimate of drug-likeness (QED) is 0.719. The fourth-order valence-electron chi connectivity index (χ4n) is 1.13. The van der Waals surface area contributed by atoms with Crippen molar-refractivity contribution in [3.63, 3.8) is 0 Å². The summed E-state index contributed by atoms with van der Waals surface area (Å²) in [6.45, 7) is 4.78. The molecule has 0 radical (unpaired) electrons. The van der Waals surface area contributed by atoms with E-state index in [0.29, 0.717) is 11.5 Å². The summed E-state index contributed by atoms with van der Waals surface area (Å²) in [6, 6.07) is 0. The van der Waals surface area contributed by atoms with Crippen LogP contribution in [-0.4, -0.2) is 26.6 Å². The monoisotopic (exact) mass is 184 g/mol. The minimum absolute atomic E-state index is 0.257. The van der Waals surface area contributed by atoms with Crippen LogP contribution in [0.4, 0.5) is 0 Å². The first-order valence-corrected chi connectivity index (χ1v) is 4.44. The molecule has 13 heavy (non-hydrogen) atoms. The summed E-state index contributed by atoms with van der Waals surface area (Å²) >= 11 is 0. The largest absolute Gasteiger partial charge is 0.393 e. The number of hydrogen-bond acceptors (Lipinski definition) is 3. The van der Waals surface area contributed by atoms with Crippen molar-refractivity contribution in [3.8, 4) is 0 Å². The summed E-state index contributed by atoms with van der Waals surface area (Å²) < 4.78 is 1.78. The summed E-state index contributed by atoms with van der Waals surface area (Å²) in [5, 5.41) is 22.0. The lowest BCUT2D eigenvalue weighted by Crippen LogP contribution is -2.05. The second-order valence-corrected chi connectivity index (χ2v) is 3.59. The van der Waals surface area contributed by atoms with Crippen LogP contribution >= 0.6 is 0 Å². The fraction of sp³-hybridized carbons (Fsp3) is 0.667. The van der Waals surface area contributed by atoms with E-state index in [2.05, 4.69) is 18.9 Å². The molecule has 4 heteroatoms. The van der Waals surface area contributed by atoms with Gasteiger partial charge in [-0.2, -0.15) is 5.10 Å². The van der Waals surface area contributed by atoms with Crippen LogP contribution in [0.2, 0.25) is 0 Å². The van der Waals surface area contributed by atoms with Crippen molar-refractivity contribution in [1.82, 2.24) is 9.78 Å². The van der Waals surface area contributed by atoms with Gasteiger partial charge in [0.25, 0.3) is 0 Å². The molecular weight excluding hydrogens is 168 g/mol. The van der Waals surface area contributed by atoms with E-state index < -0.39 is 6.10 Å². The molecule has 0 aliphatic rings. The second-order valence-electron chi connectivity index (χ2n) is 3.59. The molecule has 0 spiro atoms. The maximum Gasteiger partial charge on any atom is 0.105 e. The first-order valence-electron chi connectivity index (χ1n) is 4.44. The van der Waals surface area contributed by atoms with Crippen molar-refractivity contribution >= 4 is 0 Å². The third kappa shape index (κ3) is 2.82. The summed E-state index contributed by atoms with van der Waals surface area (Å²) in [5.41, 5.74) is 0.670. The van der Waals surface area contributed by atoms with Crippen LogP contribution in [0.5, 0.6) is 0 Å². The van der Waals surface area contributed by atoms with E-state index in [4.69, 9.17) is 5.11 Å². The van der Waals surface area contributed by atoms with Gasteiger partial charge in [0.15, 0.2) is 0 Å². The van der Waals surface area contributed by atoms with Crippen LogP contribution in [0, 0.1) is 5.92 Å². The van der Waals surface area contributed by atoms with Gasteiger partial charge in [-0.3, -0.25) is 4.68 Å². The number of aliphatic hydroxyl groups excluding tert-OH is 2. The Morgan fingerprint density at radius 1 is 1.54 bits per heavy atom. The van der Waals surface area contributed by atoms with Crippen LogP contribution in [-0.2, 0) is 6.54 Å². The van der Waals surface area contributed by atoms with Crippen LogP contribution in [0.3, 0.4) is 0 Å². The number of aromatic nitrogens is 2. The van der Waals surface area contributed by atoms with Crippen LogP contribution in [0.1, 0.15) is 25.5 Å². The van der Waals surface area contributed by atoms with Gasteiger partial charge in [0, 0.05) is 18.3 Å². The van der Waals surface area contributed by atoms with Gasteiger partial charge < -0.3 is 10.2 Å². The Hall–Kier alpha value is -0.870. The average Bonchev–Trinajstić information content (AvgIpc) is 2.50. The molecule has 1 rings (SSSR count). The molecule has 0 fully saturated rings. The van der Waals surface area contributed by atoms with E-state index in [-0.39, 0.29) is 6.61 Å². The molecular formula is C9H16N2O2. The standard InChI is InChI=1S/C9H16N2O2/c1-7(2)4-11-5-8(3-10-11)9(13)6-12/h3,5,7,9,12-13H,4,6H2,1-2H3. The molecule has 4 nitrogen and oxygen atoms in total. The maximum atomic E-state index is 9.27. The smallest absolute Gasteiger partial charge is 0.105 e. The van der Waals surface area contributed by atoms with Gasteiger partial charge in [-0.05, 0) is 5.92 Å². The molecule has 0 bridgehead atoms. The Kier molecular flexibility index (Phi) is 3.45. The zero-order valence-electron chi connectivity index (χ0n) is 8.01. The van der Waals surface area contributed by atoms with Crippen molar-refractivity contribution in [3.05, 3.63) is 18.0 Å². The van der Waals surface area contributed by atoms with Gasteiger partial charge in [0.05, 0.1) is 12.8 Å². The normalized spacial score (nSPS) is 13.6. The Bertz CT molecular complexity index is 258. The summed E-state index contributed by atoms with van der Waals surface area (Å²) in [4.78, 5) is 0. The van der Waals surface area contributed by atoms with E-state index in [1.807, 2.05) is 0 Å². The van der Waals surface area contributed by atoms with Crippen molar-refractivity contribution in [2.75, 3.05) is 6.61 Å². The number of nitrogens with zero attached hydrogens (tertiary/aromatic N) is 2. The highest BCUT2D eigenvalue weighted by atomic mass is 16.3. The van der Waals surface area contributed by atoms with E-state index in [9.17, 15) is 5.11 Å². The summed E-state index contributed by atoms with van der Waals surface area (Å²) in [6.07, 6.45) is 2.55. The van der Waals surface area contributed by atoms with Crippen LogP contribution in [0.15, 0.2) is 12.4 Å². The molecule has 1 aromatic heterocycles. The van der Waals surface area contributed by atoms with Crippen molar-refractivity contribution < 1.29 is 10.2 Å². The Morgan fingerprint density at radius 2 is 2.23 bits per heavy atom. The number of aliphatic hydroxyl groups is 2. The van der Waals surface area contributed by atoms with Crippen molar-refractivity contribution in [2.24, 2.45) is 5.92 Å². The third-order valence-corrected chi connectivity index (χ3v) is 1.76. The average molecular weight is 184 g/mol. The fourth-order valence-corrected chi connectivity index (χ4v) is 1.13. The van der Waals surface area contributed by atoms with E-state index in [0.717, 1.165) is 6.54 Å². The topological polar surface area (TPSA) is 58.3 Å². The van der Waals surface area contributed by atoms with E-state index >= 15 is 0 Å². The Balaban J connectivity index is 2.63. The molecule has 0 aliphatic heterocycles. The zero-order chi connectivity index (χ0) is 9.84. The first kappa shape index (κ1) is 10.2. The molecule has 2 N–H and O–H groups in total. The highest BCUT2D eigenvalue weighted by Crippen LogP contribution is 2.10. The lowest BCUT2D eigenvalue weighted by molar-refractivity contribution is 0.0955. The molecule has 0 saturated carbocycles. The van der Waals surface area contributed by atoms with Gasteiger partial charge in [0.2, 0.25) is 0 Å². The summed E-state index contributed by atoms with van der Waals surface area (Å²) in [7, 11) is 0. The van der Waals surface area contributed by atoms with Gasteiger partial charge in [-0.1, -0.05) is 13.8 Å². The van der Waals surface area contributed by atoms with Gasteiger partial charge in [-0.15, -0.1) is 0 Å². The number of rotatable bonds is 4. The van der Waals surface area contributed by atoms with E-state index in [1.165, 1.54) is 0 Å². The van der Waals surface area contributed by atoms with Gasteiger partial charge >= 0.3 is 0 Å². The highest BCUT2D eigenvalue weighted by Gasteiger charge is 2.08. The third-order valence-electron chi connectivity index (χ3n) is 1.76. The molecule has 0 amide bonds. The van der Waals surface area contributed by atoms with Gasteiger partial charge in [0.1, 0.15) is 6.10 Å². The molecule has 0 saturated heterocycles. The van der Waals surface area contributed by atoms with Gasteiger partial charge in [-0.25, -0.2) is 0 Å². The Labute approximate surface area is 77.8 Å². The first-order chi connectivity index (χ1) is 6.13. The van der Waals surface area contributed by atoms with E-state index in [1.54, 1.807) is 17.1 Å². The van der Waals surface area contributed by atoms with Crippen molar-refractivity contribution in [2.45, 2.75) is 26.5 Å². The van der Waals surface area contributed by atoms with Crippen LogP contribution in [0.25, 0.3) is 0 Å². The SMILES string of the molecule is CC(C)Cn1cc(C(O)CO)cn1. The highest BCUT2D eigenvalue weighted by molar-refractivity contribution is 5.07. The molecule has 0 aliphatic carbocycles. The lowest BCUT2D eigenvalue weighted by atomic mass is 10.2. The molecule has 0 aromatic carbocycles. The molecule has 1 unspecified atom stereocenters. The molecule has 1 heterocycles. The lowest BCUT2D eigenvalue weighted by Gasteiger charge is -2.04.